The van der Waals surface area contributed by atoms with Gasteiger partial charge < -0.3 is 15.3 Å². The molecule has 18 heavy (non-hydrogen) atoms. The van der Waals surface area contributed by atoms with Crippen LogP contribution in [-0.4, -0.2) is 47.1 Å². The molecule has 0 bridgehead atoms. The first-order chi connectivity index (χ1) is 8.21. The van der Waals surface area contributed by atoms with Gasteiger partial charge in [0.15, 0.2) is 0 Å². The predicted molar refractivity (Wildman–Crippen MR) is 68.9 cm³/mol. The number of nitrogens with one attached hydrogen (secondary N) is 1. The van der Waals surface area contributed by atoms with E-state index in [1.165, 1.54) is 0 Å². The lowest BCUT2D eigenvalue weighted by Crippen LogP contribution is -2.51. The number of aliphatic hydroxyl groups excluding tert-OH is 1. The third-order valence-electron chi connectivity index (χ3n) is 3.18. The van der Waals surface area contributed by atoms with Gasteiger partial charge in [0.1, 0.15) is 6.04 Å². The smallest absolute Gasteiger partial charge is 0.244 e. The Kier molecular flexibility index (Phi) is 4.73. The molecule has 104 valence electrons. The number of nitrogens with zero attached hydrogens (tertiary/aromatic N) is 1. The summed E-state index contributed by atoms with van der Waals surface area (Å²) in [6, 6.07) is -0.507. The van der Waals surface area contributed by atoms with Crippen LogP contribution < -0.4 is 5.32 Å². The minimum Gasteiger partial charge on any atom is -0.393 e. The highest BCUT2D eigenvalue weighted by Crippen LogP contribution is 2.14. The van der Waals surface area contributed by atoms with E-state index in [2.05, 4.69) is 5.32 Å². The summed E-state index contributed by atoms with van der Waals surface area (Å²) in [7, 11) is 0. The molecule has 1 aliphatic heterocycles. The Morgan fingerprint density at radius 2 is 1.78 bits per heavy atom. The zero-order valence-electron chi connectivity index (χ0n) is 11.7. The molecule has 1 rings (SSSR count). The van der Waals surface area contributed by atoms with Crippen LogP contribution in [0.1, 0.15) is 40.5 Å². The first kappa shape index (κ1) is 15.0. The summed E-state index contributed by atoms with van der Waals surface area (Å²) >= 11 is 0. The molecule has 5 nitrogen and oxygen atoms in total. The zero-order chi connectivity index (χ0) is 13.9. The Morgan fingerprint density at radius 1 is 1.28 bits per heavy atom. The van der Waals surface area contributed by atoms with Crippen molar-refractivity contribution in [2.75, 3.05) is 13.1 Å². The van der Waals surface area contributed by atoms with E-state index < -0.39 is 11.5 Å². The summed E-state index contributed by atoms with van der Waals surface area (Å²) in [6.45, 7) is 8.28. The fourth-order valence-electron chi connectivity index (χ4n) is 1.83. The minimum absolute atomic E-state index is 0.0699. The third-order valence-corrected chi connectivity index (χ3v) is 3.18. The van der Waals surface area contributed by atoms with Gasteiger partial charge in [-0.1, -0.05) is 20.8 Å². The number of rotatable bonds is 2. The van der Waals surface area contributed by atoms with Crippen molar-refractivity contribution in [3.63, 3.8) is 0 Å². The van der Waals surface area contributed by atoms with Gasteiger partial charge in [0.2, 0.25) is 11.8 Å². The molecule has 0 radical (unpaired) electrons. The standard InChI is InChI=1S/C13H24N2O3/c1-9(14-12(18)13(2,3)4)11(17)15-7-5-10(16)6-8-15/h9-10,16H,5-8H2,1-4H3,(H,14,18). The maximum absolute atomic E-state index is 12.1. The van der Waals surface area contributed by atoms with E-state index in [1.54, 1.807) is 11.8 Å². The maximum Gasteiger partial charge on any atom is 0.244 e. The second-order valence-electron chi connectivity index (χ2n) is 6.00. The molecule has 0 aromatic rings. The molecule has 0 spiro atoms. The quantitative estimate of drug-likeness (QED) is 0.757. The van der Waals surface area contributed by atoms with Crippen molar-refractivity contribution in [3.8, 4) is 0 Å². The molecule has 2 amide bonds. The topological polar surface area (TPSA) is 69.6 Å². The first-order valence-electron chi connectivity index (χ1n) is 6.49. The van der Waals surface area contributed by atoms with Crippen LogP contribution in [0.5, 0.6) is 0 Å². The van der Waals surface area contributed by atoms with Crippen molar-refractivity contribution >= 4 is 11.8 Å². The van der Waals surface area contributed by atoms with Crippen LogP contribution in [0.4, 0.5) is 0 Å². The Hall–Kier alpha value is -1.10. The third kappa shape index (κ3) is 3.98. The summed E-state index contributed by atoms with van der Waals surface area (Å²) < 4.78 is 0. The van der Waals surface area contributed by atoms with Crippen molar-refractivity contribution in [1.82, 2.24) is 10.2 Å². The van der Waals surface area contributed by atoms with Gasteiger partial charge in [-0.15, -0.1) is 0 Å². The largest absolute Gasteiger partial charge is 0.393 e. The average Bonchev–Trinajstić information content (AvgIpc) is 2.27. The average molecular weight is 256 g/mol. The van der Waals surface area contributed by atoms with Gasteiger partial charge in [-0.3, -0.25) is 9.59 Å². The summed E-state index contributed by atoms with van der Waals surface area (Å²) in [4.78, 5) is 25.6. The molecule has 1 atom stereocenters. The molecule has 2 N–H and O–H groups in total. The second-order valence-corrected chi connectivity index (χ2v) is 6.00. The molecule has 0 aromatic carbocycles. The van der Waals surface area contributed by atoms with Crippen LogP contribution in [0.15, 0.2) is 0 Å². The highest BCUT2D eigenvalue weighted by molar-refractivity contribution is 5.89. The van der Waals surface area contributed by atoms with E-state index in [-0.39, 0.29) is 17.9 Å². The molecular formula is C13H24N2O3. The van der Waals surface area contributed by atoms with Crippen molar-refractivity contribution in [2.45, 2.75) is 52.7 Å². The second kappa shape index (κ2) is 5.69. The van der Waals surface area contributed by atoms with Crippen molar-refractivity contribution in [2.24, 2.45) is 5.41 Å². The van der Waals surface area contributed by atoms with Gasteiger partial charge in [-0.05, 0) is 19.8 Å². The van der Waals surface area contributed by atoms with Crippen LogP contribution in [0.3, 0.4) is 0 Å². The predicted octanol–water partition coefficient (Wildman–Crippen LogP) is 0.520. The number of hydrogen-bond acceptors (Lipinski definition) is 3. The fraction of sp³-hybridized carbons (Fsp3) is 0.846. The van der Waals surface area contributed by atoms with Gasteiger partial charge in [-0.25, -0.2) is 0 Å². The monoisotopic (exact) mass is 256 g/mol. The highest BCUT2D eigenvalue weighted by Gasteiger charge is 2.29. The van der Waals surface area contributed by atoms with Gasteiger partial charge in [-0.2, -0.15) is 0 Å². The normalized spacial score (nSPS) is 19.5. The summed E-state index contributed by atoms with van der Waals surface area (Å²) in [6.07, 6.45) is 0.936. The summed E-state index contributed by atoms with van der Waals surface area (Å²) in [5, 5.41) is 12.1. The van der Waals surface area contributed by atoms with E-state index in [1.807, 2.05) is 20.8 Å². The molecule has 0 saturated carbocycles. The Balaban J connectivity index is 2.49. The minimum atomic E-state index is -0.507. The molecule has 0 aliphatic carbocycles. The number of hydrogen-bond donors (Lipinski definition) is 2. The maximum atomic E-state index is 12.1. The van der Waals surface area contributed by atoms with E-state index in [0.717, 1.165) is 0 Å². The fourth-order valence-corrected chi connectivity index (χ4v) is 1.83. The lowest BCUT2D eigenvalue weighted by Gasteiger charge is -2.32. The van der Waals surface area contributed by atoms with E-state index in [0.29, 0.717) is 25.9 Å². The van der Waals surface area contributed by atoms with Crippen LogP contribution in [0.25, 0.3) is 0 Å². The lowest BCUT2D eigenvalue weighted by atomic mass is 9.95. The van der Waals surface area contributed by atoms with Gasteiger partial charge in [0.05, 0.1) is 6.10 Å². The Bertz CT molecular complexity index is 315. The first-order valence-corrected chi connectivity index (χ1v) is 6.49. The molecule has 1 fully saturated rings. The molecule has 0 aromatic heterocycles. The number of likely N-dealkylation sites (tertiary alicyclic amines) is 1. The number of carbonyl (C=O) groups is 2. The molecule has 5 heteroatoms. The number of aliphatic hydroxyl groups is 1. The van der Waals surface area contributed by atoms with Crippen molar-refractivity contribution < 1.29 is 14.7 Å². The van der Waals surface area contributed by atoms with E-state index in [4.69, 9.17) is 0 Å². The zero-order valence-corrected chi connectivity index (χ0v) is 11.7. The van der Waals surface area contributed by atoms with Crippen LogP contribution in [-0.2, 0) is 9.59 Å². The molecular weight excluding hydrogens is 232 g/mol. The SMILES string of the molecule is CC(NC(=O)C(C)(C)C)C(=O)N1CCC(O)CC1. The summed E-state index contributed by atoms with van der Waals surface area (Å²) in [5.41, 5.74) is -0.493. The van der Waals surface area contributed by atoms with Crippen molar-refractivity contribution in [1.29, 1.82) is 0 Å². The number of piperidine rings is 1. The number of carbonyl (C=O) groups excluding carboxylic acids is 2. The Morgan fingerprint density at radius 3 is 2.22 bits per heavy atom. The van der Waals surface area contributed by atoms with E-state index >= 15 is 0 Å². The lowest BCUT2D eigenvalue weighted by molar-refractivity contribution is -0.139. The van der Waals surface area contributed by atoms with Gasteiger partial charge >= 0.3 is 0 Å². The number of amides is 2. The van der Waals surface area contributed by atoms with Gasteiger partial charge in [0.25, 0.3) is 0 Å². The Labute approximate surface area is 109 Å². The van der Waals surface area contributed by atoms with Gasteiger partial charge in [0, 0.05) is 18.5 Å². The summed E-state index contributed by atoms with van der Waals surface area (Å²) in [5.74, 6) is -0.195. The molecule has 1 heterocycles. The van der Waals surface area contributed by atoms with Crippen LogP contribution in [0.2, 0.25) is 0 Å². The molecule has 1 aliphatic rings. The van der Waals surface area contributed by atoms with Crippen molar-refractivity contribution in [3.05, 3.63) is 0 Å². The van der Waals surface area contributed by atoms with Crippen LogP contribution >= 0.6 is 0 Å². The highest BCUT2D eigenvalue weighted by atomic mass is 16.3. The van der Waals surface area contributed by atoms with Crippen LogP contribution in [0, 0.1) is 5.41 Å². The molecule has 1 unspecified atom stereocenters. The van der Waals surface area contributed by atoms with E-state index in [9.17, 15) is 14.7 Å². The molecule has 1 saturated heterocycles.